The lowest BCUT2D eigenvalue weighted by Crippen LogP contribution is -2.26. The minimum atomic E-state index is 0.581. The minimum Gasteiger partial charge on any atom is -0.314 e. The maximum atomic E-state index is 3.97. The van der Waals surface area contributed by atoms with E-state index in [0.29, 0.717) is 6.04 Å². The quantitative estimate of drug-likeness (QED) is 0.691. The van der Waals surface area contributed by atoms with E-state index in [9.17, 15) is 0 Å². The van der Waals surface area contributed by atoms with Gasteiger partial charge in [-0.2, -0.15) is 0 Å². The van der Waals surface area contributed by atoms with Gasteiger partial charge in [0.1, 0.15) is 0 Å². The molecular formula is C10H20N4S. The summed E-state index contributed by atoms with van der Waals surface area (Å²) in [4.78, 5) is 1.24. The van der Waals surface area contributed by atoms with Gasteiger partial charge in [0.05, 0.1) is 10.6 Å². The molecule has 0 aromatic carbocycles. The first kappa shape index (κ1) is 12.5. The molecule has 0 amide bonds. The van der Waals surface area contributed by atoms with Crippen LogP contribution in [0.25, 0.3) is 0 Å². The third kappa shape index (κ3) is 5.20. The van der Waals surface area contributed by atoms with Gasteiger partial charge in [-0.25, -0.2) is 0 Å². The number of nitrogens with one attached hydrogen (secondary N) is 2. The van der Waals surface area contributed by atoms with Crippen LogP contribution in [0.1, 0.15) is 30.8 Å². The van der Waals surface area contributed by atoms with Crippen molar-refractivity contribution in [3.63, 3.8) is 0 Å². The van der Waals surface area contributed by atoms with Gasteiger partial charge < -0.3 is 10.6 Å². The monoisotopic (exact) mass is 228 g/mol. The molecule has 1 heterocycles. The topological polar surface area (TPSA) is 49.8 Å². The highest BCUT2D eigenvalue weighted by Crippen LogP contribution is 2.07. The minimum absolute atomic E-state index is 0.581. The van der Waals surface area contributed by atoms with E-state index in [1.807, 2.05) is 6.92 Å². The third-order valence-corrected chi connectivity index (χ3v) is 2.94. The molecule has 15 heavy (non-hydrogen) atoms. The molecule has 1 aromatic rings. The summed E-state index contributed by atoms with van der Waals surface area (Å²) in [5.41, 5.74) is 1.05. The summed E-state index contributed by atoms with van der Waals surface area (Å²) in [5, 5.41) is 10.8. The Labute approximate surface area is 95.6 Å². The summed E-state index contributed by atoms with van der Waals surface area (Å²) in [5.74, 6) is 0. The summed E-state index contributed by atoms with van der Waals surface area (Å²) >= 11 is 1.48. The van der Waals surface area contributed by atoms with Gasteiger partial charge in [-0.3, -0.25) is 0 Å². The zero-order valence-electron chi connectivity index (χ0n) is 9.71. The molecule has 0 aliphatic heterocycles. The van der Waals surface area contributed by atoms with E-state index in [2.05, 4.69) is 34.1 Å². The van der Waals surface area contributed by atoms with Crippen molar-refractivity contribution in [2.45, 2.75) is 39.8 Å². The molecule has 0 bridgehead atoms. The fourth-order valence-electron chi connectivity index (χ4n) is 1.22. The Bertz CT molecular complexity index is 272. The van der Waals surface area contributed by atoms with Crippen molar-refractivity contribution in [3.05, 3.63) is 10.6 Å². The average molecular weight is 228 g/mol. The second-order valence-electron chi connectivity index (χ2n) is 3.92. The molecule has 0 atom stereocenters. The number of aryl methyl sites for hydroxylation is 1. The van der Waals surface area contributed by atoms with E-state index in [0.717, 1.165) is 31.7 Å². The maximum absolute atomic E-state index is 3.97. The molecule has 0 radical (unpaired) electrons. The predicted molar refractivity (Wildman–Crippen MR) is 64.1 cm³/mol. The Morgan fingerprint density at radius 3 is 2.73 bits per heavy atom. The maximum Gasteiger partial charge on any atom is 0.0769 e. The van der Waals surface area contributed by atoms with Crippen molar-refractivity contribution in [1.82, 2.24) is 20.2 Å². The molecular weight excluding hydrogens is 208 g/mol. The van der Waals surface area contributed by atoms with Crippen LogP contribution >= 0.6 is 11.5 Å². The van der Waals surface area contributed by atoms with Crippen LogP contribution < -0.4 is 10.6 Å². The Morgan fingerprint density at radius 1 is 1.33 bits per heavy atom. The molecule has 4 nitrogen and oxygen atoms in total. The molecule has 1 aromatic heterocycles. The van der Waals surface area contributed by atoms with Gasteiger partial charge in [-0.05, 0) is 38.0 Å². The molecule has 0 unspecified atom stereocenters. The van der Waals surface area contributed by atoms with Crippen molar-refractivity contribution < 1.29 is 0 Å². The Kier molecular flexibility index (Phi) is 5.75. The number of aromatic nitrogens is 2. The van der Waals surface area contributed by atoms with Gasteiger partial charge in [0.25, 0.3) is 0 Å². The first-order valence-electron chi connectivity index (χ1n) is 5.42. The molecule has 0 saturated heterocycles. The number of hydrogen-bond donors (Lipinski definition) is 2. The first-order chi connectivity index (χ1) is 7.20. The van der Waals surface area contributed by atoms with Crippen molar-refractivity contribution in [2.75, 3.05) is 13.1 Å². The summed E-state index contributed by atoms with van der Waals surface area (Å²) in [6.07, 6.45) is 1.16. The van der Waals surface area contributed by atoms with Crippen LogP contribution in [0.3, 0.4) is 0 Å². The average Bonchev–Trinajstić information content (AvgIpc) is 2.57. The second-order valence-corrected chi connectivity index (χ2v) is 4.76. The standard InChI is InChI=1S/C10H20N4S/c1-8(2)12-6-4-5-11-7-10-9(3)13-14-15-10/h8,11-12H,4-7H2,1-3H3. The van der Waals surface area contributed by atoms with Crippen molar-refractivity contribution in [2.24, 2.45) is 0 Å². The SMILES string of the molecule is Cc1nnsc1CNCCCNC(C)C. The van der Waals surface area contributed by atoms with E-state index in [4.69, 9.17) is 0 Å². The van der Waals surface area contributed by atoms with Gasteiger partial charge in [0.2, 0.25) is 0 Å². The van der Waals surface area contributed by atoms with Gasteiger partial charge in [-0.1, -0.05) is 18.3 Å². The molecule has 0 fully saturated rings. The normalized spacial score (nSPS) is 11.2. The van der Waals surface area contributed by atoms with E-state index in [1.165, 1.54) is 16.4 Å². The number of nitrogens with zero attached hydrogens (tertiary/aromatic N) is 2. The van der Waals surface area contributed by atoms with Gasteiger partial charge in [0.15, 0.2) is 0 Å². The zero-order chi connectivity index (χ0) is 11.1. The lowest BCUT2D eigenvalue weighted by Gasteiger charge is -2.07. The fraction of sp³-hybridized carbons (Fsp3) is 0.800. The Balaban J connectivity index is 2.00. The van der Waals surface area contributed by atoms with E-state index >= 15 is 0 Å². The van der Waals surface area contributed by atoms with Crippen molar-refractivity contribution in [3.8, 4) is 0 Å². The lowest BCUT2D eigenvalue weighted by molar-refractivity contribution is 0.548. The fourth-order valence-corrected chi connectivity index (χ4v) is 1.82. The second kappa shape index (κ2) is 6.87. The van der Waals surface area contributed by atoms with Crippen LogP contribution in [0, 0.1) is 6.92 Å². The van der Waals surface area contributed by atoms with Crippen LogP contribution in [0.15, 0.2) is 0 Å². The predicted octanol–water partition coefficient (Wildman–Crippen LogP) is 1.32. The summed E-state index contributed by atoms with van der Waals surface area (Å²) in [7, 11) is 0. The largest absolute Gasteiger partial charge is 0.314 e. The molecule has 0 aliphatic carbocycles. The summed E-state index contributed by atoms with van der Waals surface area (Å²) in [6.45, 7) is 9.34. The highest BCUT2D eigenvalue weighted by molar-refractivity contribution is 7.05. The van der Waals surface area contributed by atoms with Crippen LogP contribution in [0.5, 0.6) is 0 Å². The molecule has 0 aliphatic rings. The Hall–Kier alpha value is -0.520. The van der Waals surface area contributed by atoms with E-state index in [-0.39, 0.29) is 0 Å². The zero-order valence-corrected chi connectivity index (χ0v) is 10.5. The van der Waals surface area contributed by atoms with Crippen molar-refractivity contribution >= 4 is 11.5 Å². The highest BCUT2D eigenvalue weighted by Gasteiger charge is 2.01. The van der Waals surface area contributed by atoms with E-state index < -0.39 is 0 Å². The first-order valence-corrected chi connectivity index (χ1v) is 6.19. The number of rotatable bonds is 7. The summed E-state index contributed by atoms with van der Waals surface area (Å²) < 4.78 is 3.90. The molecule has 0 saturated carbocycles. The molecule has 2 N–H and O–H groups in total. The van der Waals surface area contributed by atoms with Crippen molar-refractivity contribution in [1.29, 1.82) is 0 Å². The van der Waals surface area contributed by atoms with Crippen LogP contribution in [-0.4, -0.2) is 28.7 Å². The smallest absolute Gasteiger partial charge is 0.0769 e. The van der Waals surface area contributed by atoms with Gasteiger partial charge >= 0.3 is 0 Å². The van der Waals surface area contributed by atoms with E-state index in [1.54, 1.807) is 0 Å². The molecule has 86 valence electrons. The van der Waals surface area contributed by atoms with Gasteiger partial charge in [0, 0.05) is 12.6 Å². The third-order valence-electron chi connectivity index (χ3n) is 2.11. The van der Waals surface area contributed by atoms with Crippen LogP contribution in [-0.2, 0) is 6.54 Å². The van der Waals surface area contributed by atoms with Crippen LogP contribution in [0.4, 0.5) is 0 Å². The van der Waals surface area contributed by atoms with Gasteiger partial charge in [-0.15, -0.1) is 5.10 Å². The molecule has 5 heteroatoms. The molecule has 0 spiro atoms. The Morgan fingerprint density at radius 2 is 2.13 bits per heavy atom. The number of hydrogen-bond acceptors (Lipinski definition) is 5. The molecule has 1 rings (SSSR count). The lowest BCUT2D eigenvalue weighted by atomic mass is 10.3. The highest BCUT2D eigenvalue weighted by atomic mass is 32.1. The van der Waals surface area contributed by atoms with Crippen LogP contribution in [0.2, 0.25) is 0 Å². The summed E-state index contributed by atoms with van der Waals surface area (Å²) in [6, 6.07) is 0.581.